The van der Waals surface area contributed by atoms with Gasteiger partial charge in [-0.3, -0.25) is 4.79 Å². The number of nitrogens with one attached hydrogen (secondary N) is 2. The van der Waals surface area contributed by atoms with Gasteiger partial charge in [0.2, 0.25) is 5.91 Å². The number of halogens is 2. The topological polar surface area (TPSA) is 68.8 Å². The first kappa shape index (κ1) is 17.1. The van der Waals surface area contributed by atoms with E-state index in [2.05, 4.69) is 10.6 Å². The Kier molecular flexibility index (Phi) is 5.74. The number of benzene rings is 1. The number of fused-ring (bicyclic) bond motifs is 1. The van der Waals surface area contributed by atoms with E-state index >= 15 is 0 Å². The van der Waals surface area contributed by atoms with Gasteiger partial charge in [0, 0.05) is 18.7 Å². The molecule has 0 aromatic heterocycles. The second-order valence-corrected chi connectivity index (χ2v) is 5.38. The van der Waals surface area contributed by atoms with Crippen LogP contribution in [0.15, 0.2) is 12.1 Å². The number of hydrogen-bond acceptors (Lipinski definition) is 5. The van der Waals surface area contributed by atoms with Crippen molar-refractivity contribution in [3.63, 3.8) is 0 Å². The SMILES string of the molecule is C[C@H]1OCCN[C@@H]1C(=O)Nc1cc2c(cc1Cl)OCCO2.Cl. The second kappa shape index (κ2) is 7.37. The molecule has 0 spiro atoms. The normalized spacial score (nSPS) is 23.4. The molecular formula is C14H18Cl2N2O4. The molecule has 2 aliphatic heterocycles. The largest absolute Gasteiger partial charge is 0.486 e. The van der Waals surface area contributed by atoms with Crippen molar-refractivity contribution >= 4 is 35.6 Å². The van der Waals surface area contributed by atoms with Crippen molar-refractivity contribution in [1.82, 2.24) is 5.32 Å². The van der Waals surface area contributed by atoms with Crippen LogP contribution in [0.2, 0.25) is 5.02 Å². The summed E-state index contributed by atoms with van der Waals surface area (Å²) < 4.78 is 16.4. The Balaban J connectivity index is 0.00000176. The summed E-state index contributed by atoms with van der Waals surface area (Å²) in [5.74, 6) is 0.999. The Morgan fingerprint density at radius 3 is 2.64 bits per heavy atom. The molecule has 6 nitrogen and oxygen atoms in total. The van der Waals surface area contributed by atoms with Crippen LogP contribution in [0, 0.1) is 0 Å². The molecule has 2 aliphatic rings. The predicted octanol–water partition coefficient (Wildman–Crippen LogP) is 1.85. The van der Waals surface area contributed by atoms with Crippen LogP contribution in [-0.2, 0) is 9.53 Å². The minimum Gasteiger partial charge on any atom is -0.486 e. The molecule has 0 saturated carbocycles. The number of carbonyl (C=O) groups is 1. The van der Waals surface area contributed by atoms with E-state index in [0.717, 1.165) is 0 Å². The number of rotatable bonds is 2. The van der Waals surface area contributed by atoms with Crippen molar-refractivity contribution in [2.75, 3.05) is 31.7 Å². The van der Waals surface area contributed by atoms with Crippen LogP contribution in [0.5, 0.6) is 11.5 Å². The third-order valence-electron chi connectivity index (χ3n) is 3.49. The molecule has 1 aromatic rings. The van der Waals surface area contributed by atoms with Crippen molar-refractivity contribution < 1.29 is 19.0 Å². The molecule has 0 unspecified atom stereocenters. The zero-order valence-electron chi connectivity index (χ0n) is 12.1. The van der Waals surface area contributed by atoms with E-state index in [1.807, 2.05) is 6.92 Å². The summed E-state index contributed by atoms with van der Waals surface area (Å²) in [5, 5.41) is 6.36. The van der Waals surface area contributed by atoms with Crippen molar-refractivity contribution in [1.29, 1.82) is 0 Å². The lowest BCUT2D eigenvalue weighted by Gasteiger charge is -2.29. The van der Waals surface area contributed by atoms with Crippen LogP contribution >= 0.6 is 24.0 Å². The summed E-state index contributed by atoms with van der Waals surface area (Å²) in [5.41, 5.74) is 0.505. The fourth-order valence-electron chi connectivity index (χ4n) is 2.40. The Morgan fingerprint density at radius 2 is 1.95 bits per heavy atom. The van der Waals surface area contributed by atoms with Gasteiger partial charge in [-0.2, -0.15) is 0 Å². The highest BCUT2D eigenvalue weighted by molar-refractivity contribution is 6.34. The molecule has 3 rings (SSSR count). The van der Waals surface area contributed by atoms with Gasteiger partial charge in [-0.25, -0.2) is 0 Å². The lowest BCUT2D eigenvalue weighted by Crippen LogP contribution is -2.53. The molecule has 0 aliphatic carbocycles. The van der Waals surface area contributed by atoms with Crippen LogP contribution in [0.3, 0.4) is 0 Å². The molecule has 2 atom stereocenters. The van der Waals surface area contributed by atoms with Crippen LogP contribution in [0.4, 0.5) is 5.69 Å². The summed E-state index contributed by atoms with van der Waals surface area (Å²) in [6.07, 6.45) is -0.185. The van der Waals surface area contributed by atoms with Gasteiger partial charge in [0.05, 0.1) is 23.4 Å². The van der Waals surface area contributed by atoms with Gasteiger partial charge in [-0.15, -0.1) is 12.4 Å². The highest BCUT2D eigenvalue weighted by atomic mass is 35.5. The van der Waals surface area contributed by atoms with E-state index in [-0.39, 0.29) is 24.4 Å². The van der Waals surface area contributed by atoms with Gasteiger partial charge in [0.15, 0.2) is 11.5 Å². The minimum atomic E-state index is -0.400. The number of morpholine rings is 1. The van der Waals surface area contributed by atoms with E-state index in [1.165, 1.54) is 0 Å². The first-order valence-electron chi connectivity index (χ1n) is 6.90. The molecular weight excluding hydrogens is 331 g/mol. The van der Waals surface area contributed by atoms with Crippen LogP contribution in [0.25, 0.3) is 0 Å². The van der Waals surface area contributed by atoms with E-state index < -0.39 is 6.04 Å². The third kappa shape index (κ3) is 3.57. The predicted molar refractivity (Wildman–Crippen MR) is 85.5 cm³/mol. The van der Waals surface area contributed by atoms with Crippen molar-refractivity contribution in [2.45, 2.75) is 19.1 Å². The molecule has 22 heavy (non-hydrogen) atoms. The maximum Gasteiger partial charge on any atom is 0.244 e. The molecule has 1 saturated heterocycles. The fourth-order valence-corrected chi connectivity index (χ4v) is 2.60. The molecule has 2 N–H and O–H groups in total. The van der Waals surface area contributed by atoms with Gasteiger partial charge < -0.3 is 24.8 Å². The first-order valence-corrected chi connectivity index (χ1v) is 7.28. The van der Waals surface area contributed by atoms with Gasteiger partial charge in [0.1, 0.15) is 19.3 Å². The van der Waals surface area contributed by atoms with E-state index in [1.54, 1.807) is 12.1 Å². The van der Waals surface area contributed by atoms with Gasteiger partial charge in [0.25, 0.3) is 0 Å². The van der Waals surface area contributed by atoms with Crippen molar-refractivity contribution in [3.05, 3.63) is 17.2 Å². The molecule has 0 bridgehead atoms. The number of carbonyl (C=O) groups excluding carboxylic acids is 1. The average Bonchev–Trinajstić information content (AvgIpc) is 2.48. The highest BCUT2D eigenvalue weighted by Gasteiger charge is 2.29. The quantitative estimate of drug-likeness (QED) is 0.853. The zero-order valence-corrected chi connectivity index (χ0v) is 13.6. The summed E-state index contributed by atoms with van der Waals surface area (Å²) in [4.78, 5) is 12.3. The minimum absolute atomic E-state index is 0. The number of hydrogen-bond donors (Lipinski definition) is 2. The van der Waals surface area contributed by atoms with Crippen molar-refractivity contribution in [3.8, 4) is 11.5 Å². The van der Waals surface area contributed by atoms with Crippen LogP contribution in [-0.4, -0.2) is 44.4 Å². The molecule has 1 amide bonds. The summed E-state index contributed by atoms with van der Waals surface area (Å²) in [7, 11) is 0. The summed E-state index contributed by atoms with van der Waals surface area (Å²) in [6, 6.07) is 2.94. The molecule has 2 heterocycles. The highest BCUT2D eigenvalue weighted by Crippen LogP contribution is 2.38. The maximum atomic E-state index is 12.3. The Bertz CT molecular complexity index is 556. The zero-order chi connectivity index (χ0) is 14.8. The number of ether oxygens (including phenoxy) is 3. The van der Waals surface area contributed by atoms with E-state index in [4.69, 9.17) is 25.8 Å². The lowest BCUT2D eigenvalue weighted by atomic mass is 10.1. The monoisotopic (exact) mass is 348 g/mol. The van der Waals surface area contributed by atoms with Crippen molar-refractivity contribution in [2.24, 2.45) is 0 Å². The second-order valence-electron chi connectivity index (χ2n) is 4.97. The third-order valence-corrected chi connectivity index (χ3v) is 3.80. The molecule has 8 heteroatoms. The molecule has 1 aromatic carbocycles. The first-order chi connectivity index (χ1) is 10.1. The molecule has 122 valence electrons. The number of amides is 1. The Hall–Kier alpha value is -1.21. The van der Waals surface area contributed by atoms with Gasteiger partial charge in [-0.1, -0.05) is 11.6 Å². The number of anilines is 1. The lowest BCUT2D eigenvalue weighted by molar-refractivity contribution is -0.123. The summed E-state index contributed by atoms with van der Waals surface area (Å²) in [6.45, 7) is 4.10. The van der Waals surface area contributed by atoms with Gasteiger partial charge in [-0.05, 0) is 6.92 Å². The molecule has 0 radical (unpaired) electrons. The Labute approximate surface area is 139 Å². The smallest absolute Gasteiger partial charge is 0.244 e. The summed E-state index contributed by atoms with van der Waals surface area (Å²) >= 11 is 6.18. The standard InChI is InChI=1S/C14H17ClN2O4.ClH/c1-8-13(16-2-3-19-8)14(18)17-10-7-12-11(6-9(10)15)20-4-5-21-12;/h6-8,13,16H,2-5H2,1H3,(H,17,18);1H/t8-,13+;/m1./s1. The fraction of sp³-hybridized carbons (Fsp3) is 0.500. The average molecular weight is 349 g/mol. The van der Waals surface area contributed by atoms with Crippen LogP contribution < -0.4 is 20.1 Å². The van der Waals surface area contributed by atoms with Crippen LogP contribution in [0.1, 0.15) is 6.92 Å². The van der Waals surface area contributed by atoms with E-state index in [0.29, 0.717) is 48.6 Å². The molecule has 1 fully saturated rings. The van der Waals surface area contributed by atoms with E-state index in [9.17, 15) is 4.79 Å². The van der Waals surface area contributed by atoms with Gasteiger partial charge >= 0.3 is 0 Å². The Morgan fingerprint density at radius 1 is 1.27 bits per heavy atom. The maximum absolute atomic E-state index is 12.3.